The van der Waals surface area contributed by atoms with Gasteiger partial charge in [0.05, 0.1) is 12.0 Å². The number of hydrogen-bond donors (Lipinski definition) is 1. The molecule has 0 aliphatic carbocycles. The van der Waals surface area contributed by atoms with Crippen molar-refractivity contribution >= 4 is 15.8 Å². The second-order valence-electron chi connectivity index (χ2n) is 7.61. The van der Waals surface area contributed by atoms with E-state index in [1.54, 1.807) is 19.2 Å². The lowest BCUT2D eigenvalue weighted by Gasteiger charge is -2.22. The van der Waals surface area contributed by atoms with Crippen molar-refractivity contribution in [3.63, 3.8) is 0 Å². The third-order valence-electron chi connectivity index (χ3n) is 5.42. The van der Waals surface area contributed by atoms with Gasteiger partial charge >= 0.3 is 0 Å². The average molecular weight is 430 g/mol. The molecule has 3 rings (SSSR count). The summed E-state index contributed by atoms with van der Waals surface area (Å²) in [6.07, 6.45) is 3.10. The number of likely N-dealkylation sites (tertiary alicyclic amines) is 1. The largest absolute Gasteiger partial charge is 0.497 e. The Balaban J connectivity index is 1.60. The van der Waals surface area contributed by atoms with Crippen LogP contribution in [0.15, 0.2) is 58.4 Å². The number of aliphatic imine (C=N–C) groups is 1. The first-order valence-corrected chi connectivity index (χ1v) is 12.3. The minimum Gasteiger partial charge on any atom is -0.497 e. The van der Waals surface area contributed by atoms with Crippen LogP contribution in [-0.4, -0.2) is 58.8 Å². The predicted molar refractivity (Wildman–Crippen MR) is 121 cm³/mol. The molecule has 2 aromatic rings. The topological polar surface area (TPSA) is 71.0 Å². The number of benzene rings is 2. The van der Waals surface area contributed by atoms with Gasteiger partial charge in [-0.1, -0.05) is 24.3 Å². The van der Waals surface area contributed by atoms with Gasteiger partial charge in [0.1, 0.15) is 5.75 Å². The summed E-state index contributed by atoms with van der Waals surface area (Å²) in [5.41, 5.74) is 2.42. The Hall–Kier alpha value is -2.54. The lowest BCUT2D eigenvalue weighted by molar-refractivity contribution is 0.414. The fraction of sp³-hybridized carbons (Fsp3) is 0.435. The van der Waals surface area contributed by atoms with E-state index in [4.69, 9.17) is 9.73 Å². The molecule has 2 aromatic carbocycles. The summed E-state index contributed by atoms with van der Waals surface area (Å²) >= 11 is 0. The normalized spacial score (nSPS) is 17.2. The molecule has 1 heterocycles. The summed E-state index contributed by atoms with van der Waals surface area (Å²) in [6, 6.07) is 15.4. The van der Waals surface area contributed by atoms with Gasteiger partial charge in [-0.15, -0.1) is 0 Å². The maximum atomic E-state index is 11.6. The van der Waals surface area contributed by atoms with Crippen molar-refractivity contribution in [1.29, 1.82) is 0 Å². The molecule has 0 amide bonds. The van der Waals surface area contributed by atoms with E-state index < -0.39 is 9.84 Å². The van der Waals surface area contributed by atoms with Crippen LogP contribution >= 0.6 is 0 Å². The quantitative estimate of drug-likeness (QED) is 0.541. The first-order chi connectivity index (χ1) is 14.4. The van der Waals surface area contributed by atoms with Gasteiger partial charge in [0.15, 0.2) is 15.8 Å². The number of ether oxygens (including phenoxy) is 1. The Morgan fingerprint density at radius 2 is 1.87 bits per heavy atom. The predicted octanol–water partition coefficient (Wildman–Crippen LogP) is 3.10. The van der Waals surface area contributed by atoms with Crippen molar-refractivity contribution < 1.29 is 13.2 Å². The van der Waals surface area contributed by atoms with E-state index in [0.29, 0.717) is 17.4 Å². The van der Waals surface area contributed by atoms with Gasteiger partial charge in [0, 0.05) is 38.4 Å². The summed E-state index contributed by atoms with van der Waals surface area (Å²) < 4.78 is 28.4. The molecule has 6 nitrogen and oxygen atoms in total. The first-order valence-electron chi connectivity index (χ1n) is 10.4. The van der Waals surface area contributed by atoms with Crippen LogP contribution < -0.4 is 10.1 Å². The minimum absolute atomic E-state index is 0.352. The van der Waals surface area contributed by atoms with Crippen molar-refractivity contribution in [2.45, 2.75) is 30.6 Å². The van der Waals surface area contributed by atoms with Gasteiger partial charge in [0.2, 0.25) is 0 Å². The van der Waals surface area contributed by atoms with Crippen molar-refractivity contribution in [3.05, 3.63) is 59.7 Å². The van der Waals surface area contributed by atoms with Crippen LogP contribution in [0.1, 0.15) is 30.4 Å². The monoisotopic (exact) mass is 429 g/mol. The molecule has 0 aromatic heterocycles. The van der Waals surface area contributed by atoms with Gasteiger partial charge in [-0.25, -0.2) is 8.42 Å². The smallest absolute Gasteiger partial charge is 0.193 e. The van der Waals surface area contributed by atoms with Crippen LogP contribution in [0.3, 0.4) is 0 Å². The molecule has 7 heteroatoms. The Bertz CT molecular complexity index is 954. The van der Waals surface area contributed by atoms with Crippen molar-refractivity contribution in [2.75, 3.05) is 39.5 Å². The lowest BCUT2D eigenvalue weighted by atomic mass is 9.98. The third kappa shape index (κ3) is 5.75. The van der Waals surface area contributed by atoms with Gasteiger partial charge in [-0.05, 0) is 55.2 Å². The molecule has 1 fully saturated rings. The van der Waals surface area contributed by atoms with Crippen LogP contribution in [-0.2, 0) is 16.3 Å². The molecule has 0 spiro atoms. The van der Waals surface area contributed by atoms with Crippen LogP contribution in [0.2, 0.25) is 0 Å². The summed E-state index contributed by atoms with van der Waals surface area (Å²) in [4.78, 5) is 7.49. The summed E-state index contributed by atoms with van der Waals surface area (Å²) in [5, 5.41) is 3.41. The highest BCUT2D eigenvalue weighted by Crippen LogP contribution is 2.28. The average Bonchev–Trinajstić information content (AvgIpc) is 3.23. The molecule has 0 radical (unpaired) electrons. The second-order valence-corrected chi connectivity index (χ2v) is 9.62. The molecule has 1 N–H and O–H groups in total. The zero-order chi connectivity index (χ0) is 21.6. The molecule has 162 valence electrons. The standard InChI is InChI=1S/C23H31N3O3S/c1-4-24-23(25-15-13-18-5-11-22(12-6-18)30(3,27)28)26-16-14-20(17-26)19-7-9-21(29-2)10-8-19/h5-12,20H,4,13-17H2,1-3H3,(H,24,25). The fourth-order valence-electron chi connectivity index (χ4n) is 3.72. The lowest BCUT2D eigenvalue weighted by Crippen LogP contribution is -2.40. The number of nitrogens with zero attached hydrogens (tertiary/aromatic N) is 2. The van der Waals surface area contributed by atoms with Crippen molar-refractivity contribution in [2.24, 2.45) is 4.99 Å². The minimum atomic E-state index is -3.16. The highest BCUT2D eigenvalue weighted by Gasteiger charge is 2.26. The molecule has 1 aliphatic heterocycles. The van der Waals surface area contributed by atoms with Crippen molar-refractivity contribution in [1.82, 2.24) is 10.2 Å². The first kappa shape index (κ1) is 22.2. The van der Waals surface area contributed by atoms with Crippen LogP contribution in [0, 0.1) is 0 Å². The highest BCUT2D eigenvalue weighted by atomic mass is 32.2. The zero-order valence-corrected chi connectivity index (χ0v) is 18.8. The summed E-state index contributed by atoms with van der Waals surface area (Å²) in [5.74, 6) is 2.32. The van der Waals surface area contributed by atoms with Gasteiger partial charge in [-0.3, -0.25) is 4.99 Å². The Labute approximate surface area is 179 Å². The molecule has 1 aliphatic rings. The molecular formula is C23H31N3O3S. The third-order valence-corrected chi connectivity index (χ3v) is 6.55. The Morgan fingerprint density at radius 1 is 1.17 bits per heavy atom. The second kappa shape index (κ2) is 9.98. The molecule has 1 saturated heterocycles. The fourth-order valence-corrected chi connectivity index (χ4v) is 4.35. The molecule has 0 saturated carbocycles. The Morgan fingerprint density at radius 3 is 2.47 bits per heavy atom. The summed E-state index contributed by atoms with van der Waals surface area (Å²) in [7, 11) is -1.47. The van der Waals surface area contributed by atoms with Crippen molar-refractivity contribution in [3.8, 4) is 5.75 Å². The van der Waals surface area contributed by atoms with E-state index >= 15 is 0 Å². The van der Waals surface area contributed by atoms with E-state index in [2.05, 4.69) is 29.3 Å². The number of rotatable bonds is 7. The van der Waals surface area contributed by atoms with Gasteiger partial charge in [0.25, 0.3) is 0 Å². The zero-order valence-electron chi connectivity index (χ0n) is 18.0. The van der Waals surface area contributed by atoms with Crippen LogP contribution in [0.5, 0.6) is 5.75 Å². The maximum absolute atomic E-state index is 11.6. The SMILES string of the molecule is CCNC(=NCCc1ccc(S(C)(=O)=O)cc1)N1CCC(c2ccc(OC)cc2)C1. The van der Waals surface area contributed by atoms with E-state index in [-0.39, 0.29) is 0 Å². The van der Waals surface area contributed by atoms with Gasteiger partial charge in [-0.2, -0.15) is 0 Å². The van der Waals surface area contributed by atoms with Gasteiger partial charge < -0.3 is 15.0 Å². The number of guanidine groups is 1. The van der Waals surface area contributed by atoms with E-state index in [0.717, 1.165) is 49.7 Å². The van der Waals surface area contributed by atoms with E-state index in [9.17, 15) is 8.42 Å². The van der Waals surface area contributed by atoms with Crippen LogP contribution in [0.4, 0.5) is 0 Å². The number of sulfone groups is 1. The van der Waals surface area contributed by atoms with E-state index in [1.165, 1.54) is 11.8 Å². The highest BCUT2D eigenvalue weighted by molar-refractivity contribution is 7.90. The number of methoxy groups -OCH3 is 1. The molecule has 1 unspecified atom stereocenters. The number of nitrogens with one attached hydrogen (secondary N) is 1. The summed E-state index contributed by atoms with van der Waals surface area (Å²) in [6.45, 7) is 5.49. The maximum Gasteiger partial charge on any atom is 0.193 e. The molecule has 1 atom stereocenters. The number of hydrogen-bond acceptors (Lipinski definition) is 4. The van der Waals surface area contributed by atoms with E-state index in [1.807, 2.05) is 24.3 Å². The molecule has 0 bridgehead atoms. The Kier molecular flexibility index (Phi) is 7.37. The molecular weight excluding hydrogens is 398 g/mol. The molecule has 30 heavy (non-hydrogen) atoms. The van der Waals surface area contributed by atoms with Crippen LogP contribution in [0.25, 0.3) is 0 Å².